The molecule has 3 N–H and O–H groups in total. The molecule has 1 aromatic carbocycles. The molecule has 0 saturated heterocycles. The van der Waals surface area contributed by atoms with E-state index >= 15 is 0 Å². The number of aryl methyl sites for hydroxylation is 1. The molecule has 0 bridgehead atoms. The second-order valence-electron chi connectivity index (χ2n) is 4.43. The molecule has 94 valence electrons. The van der Waals surface area contributed by atoms with Crippen LogP contribution in [-0.4, -0.2) is 25.2 Å². The Kier molecular flexibility index (Phi) is 4.52. The molecular formula is C13H20N2O2. The van der Waals surface area contributed by atoms with Crippen LogP contribution in [0.5, 0.6) is 0 Å². The average molecular weight is 236 g/mol. The summed E-state index contributed by atoms with van der Waals surface area (Å²) in [4.78, 5) is 11.5. The quantitative estimate of drug-likeness (QED) is 0.790. The first-order valence-electron chi connectivity index (χ1n) is 5.61. The number of ether oxygens (including phenoxy) is 1. The van der Waals surface area contributed by atoms with Crippen molar-refractivity contribution in [1.29, 1.82) is 0 Å². The van der Waals surface area contributed by atoms with Gasteiger partial charge in [-0.05, 0) is 31.5 Å². The van der Waals surface area contributed by atoms with Gasteiger partial charge in [0.05, 0.1) is 0 Å². The van der Waals surface area contributed by atoms with Crippen LogP contribution in [-0.2, 0) is 9.53 Å². The van der Waals surface area contributed by atoms with Crippen molar-refractivity contribution < 1.29 is 9.53 Å². The fourth-order valence-electron chi connectivity index (χ4n) is 1.59. The Morgan fingerprint density at radius 3 is 2.76 bits per heavy atom. The lowest BCUT2D eigenvalue weighted by Gasteiger charge is -2.28. The van der Waals surface area contributed by atoms with Crippen LogP contribution >= 0.6 is 0 Å². The minimum absolute atomic E-state index is 0.379. The van der Waals surface area contributed by atoms with Gasteiger partial charge in [0.2, 0.25) is 5.91 Å². The SMILES string of the molecule is COCCC(C)(Nc1cccc(C)c1)C(N)=O. The fraction of sp³-hybridized carbons (Fsp3) is 0.462. The zero-order valence-electron chi connectivity index (χ0n) is 10.6. The summed E-state index contributed by atoms with van der Waals surface area (Å²) >= 11 is 0. The van der Waals surface area contributed by atoms with Crippen LogP contribution in [0.25, 0.3) is 0 Å². The first kappa shape index (κ1) is 13.5. The summed E-state index contributed by atoms with van der Waals surface area (Å²) in [6.45, 7) is 4.27. The molecule has 4 nitrogen and oxygen atoms in total. The monoisotopic (exact) mass is 236 g/mol. The normalized spacial score (nSPS) is 14.1. The summed E-state index contributed by atoms with van der Waals surface area (Å²) in [6, 6.07) is 7.84. The van der Waals surface area contributed by atoms with E-state index in [0.29, 0.717) is 13.0 Å². The third-order valence-corrected chi connectivity index (χ3v) is 2.79. The number of anilines is 1. The van der Waals surface area contributed by atoms with Gasteiger partial charge < -0.3 is 15.8 Å². The molecule has 0 spiro atoms. The maximum absolute atomic E-state index is 11.5. The minimum atomic E-state index is -0.788. The lowest BCUT2D eigenvalue weighted by Crippen LogP contribution is -2.48. The summed E-state index contributed by atoms with van der Waals surface area (Å²) in [6.07, 6.45) is 0.534. The first-order valence-corrected chi connectivity index (χ1v) is 5.61. The molecule has 1 amide bonds. The molecular weight excluding hydrogens is 216 g/mol. The molecule has 0 heterocycles. The van der Waals surface area contributed by atoms with Crippen LogP contribution in [0.2, 0.25) is 0 Å². The van der Waals surface area contributed by atoms with Crippen molar-refractivity contribution in [2.24, 2.45) is 5.73 Å². The highest BCUT2D eigenvalue weighted by atomic mass is 16.5. The van der Waals surface area contributed by atoms with Crippen LogP contribution in [0.4, 0.5) is 5.69 Å². The van der Waals surface area contributed by atoms with Gasteiger partial charge in [0, 0.05) is 25.8 Å². The Morgan fingerprint density at radius 2 is 2.24 bits per heavy atom. The lowest BCUT2D eigenvalue weighted by molar-refractivity contribution is -0.122. The van der Waals surface area contributed by atoms with Gasteiger partial charge in [-0.2, -0.15) is 0 Å². The Labute approximate surface area is 102 Å². The molecule has 0 aliphatic heterocycles. The highest BCUT2D eigenvalue weighted by Gasteiger charge is 2.30. The predicted octanol–water partition coefficient (Wildman–Crippen LogP) is 1.69. The molecule has 17 heavy (non-hydrogen) atoms. The van der Waals surface area contributed by atoms with Gasteiger partial charge in [0.1, 0.15) is 5.54 Å². The smallest absolute Gasteiger partial charge is 0.242 e. The van der Waals surface area contributed by atoms with Crippen LogP contribution < -0.4 is 11.1 Å². The summed E-state index contributed by atoms with van der Waals surface area (Å²) in [5, 5.41) is 3.18. The number of rotatable bonds is 6. The largest absolute Gasteiger partial charge is 0.385 e. The van der Waals surface area contributed by atoms with E-state index in [2.05, 4.69) is 5.32 Å². The molecule has 4 heteroatoms. The van der Waals surface area contributed by atoms with Gasteiger partial charge in [-0.3, -0.25) is 4.79 Å². The number of hydrogen-bond donors (Lipinski definition) is 2. The van der Waals surface area contributed by atoms with Crippen molar-refractivity contribution >= 4 is 11.6 Å². The standard InChI is InChI=1S/C13H20N2O2/c1-10-5-4-6-11(9-10)15-13(2,12(14)16)7-8-17-3/h4-6,9,15H,7-8H2,1-3H3,(H2,14,16). The van der Waals surface area contributed by atoms with Crippen LogP contribution in [0.1, 0.15) is 18.9 Å². The van der Waals surface area contributed by atoms with E-state index in [0.717, 1.165) is 11.3 Å². The number of carbonyl (C=O) groups excluding carboxylic acids is 1. The summed E-state index contributed by atoms with van der Waals surface area (Å²) in [5.41, 5.74) is 6.68. The van der Waals surface area contributed by atoms with Crippen molar-refractivity contribution in [3.05, 3.63) is 29.8 Å². The Balaban J connectivity index is 2.83. The zero-order valence-corrected chi connectivity index (χ0v) is 10.6. The number of hydrogen-bond acceptors (Lipinski definition) is 3. The number of nitrogens with one attached hydrogen (secondary N) is 1. The molecule has 1 aromatic rings. The van der Waals surface area contributed by atoms with Crippen LogP contribution in [0.3, 0.4) is 0 Å². The summed E-state index contributed by atoms with van der Waals surface area (Å²) in [5.74, 6) is -0.379. The average Bonchev–Trinajstić information content (AvgIpc) is 2.26. The van der Waals surface area contributed by atoms with Gasteiger partial charge in [0.25, 0.3) is 0 Å². The Bertz CT molecular complexity index is 393. The maximum atomic E-state index is 11.5. The summed E-state index contributed by atoms with van der Waals surface area (Å²) < 4.78 is 5.00. The lowest BCUT2D eigenvalue weighted by atomic mass is 9.96. The molecule has 0 radical (unpaired) electrons. The van der Waals surface area contributed by atoms with E-state index in [4.69, 9.17) is 10.5 Å². The number of benzene rings is 1. The molecule has 1 unspecified atom stereocenters. The summed E-state index contributed by atoms with van der Waals surface area (Å²) in [7, 11) is 1.61. The minimum Gasteiger partial charge on any atom is -0.385 e. The van der Waals surface area contributed by atoms with E-state index in [1.807, 2.05) is 31.2 Å². The third kappa shape index (κ3) is 3.75. The van der Waals surface area contributed by atoms with Crippen molar-refractivity contribution in [3.8, 4) is 0 Å². The van der Waals surface area contributed by atoms with Crippen LogP contribution in [0, 0.1) is 6.92 Å². The number of methoxy groups -OCH3 is 1. The highest BCUT2D eigenvalue weighted by Crippen LogP contribution is 2.19. The fourth-order valence-corrected chi connectivity index (χ4v) is 1.59. The molecule has 0 fully saturated rings. The predicted molar refractivity (Wildman–Crippen MR) is 68.9 cm³/mol. The van der Waals surface area contributed by atoms with E-state index in [-0.39, 0.29) is 5.91 Å². The molecule has 0 aromatic heterocycles. The van der Waals surface area contributed by atoms with Crippen molar-refractivity contribution in [2.45, 2.75) is 25.8 Å². The van der Waals surface area contributed by atoms with Gasteiger partial charge in [-0.15, -0.1) is 0 Å². The van der Waals surface area contributed by atoms with Crippen molar-refractivity contribution in [2.75, 3.05) is 19.0 Å². The van der Waals surface area contributed by atoms with Crippen molar-refractivity contribution in [3.63, 3.8) is 0 Å². The molecule has 0 aliphatic rings. The van der Waals surface area contributed by atoms with E-state index in [9.17, 15) is 4.79 Å². The third-order valence-electron chi connectivity index (χ3n) is 2.79. The van der Waals surface area contributed by atoms with Crippen LogP contribution in [0.15, 0.2) is 24.3 Å². The van der Waals surface area contributed by atoms with Gasteiger partial charge in [-0.1, -0.05) is 12.1 Å². The molecule has 1 rings (SSSR count). The number of primary amides is 1. The van der Waals surface area contributed by atoms with E-state index in [1.165, 1.54) is 0 Å². The van der Waals surface area contributed by atoms with Gasteiger partial charge in [-0.25, -0.2) is 0 Å². The van der Waals surface area contributed by atoms with Crippen molar-refractivity contribution in [1.82, 2.24) is 0 Å². The first-order chi connectivity index (χ1) is 7.98. The molecule has 0 saturated carbocycles. The number of amides is 1. The van der Waals surface area contributed by atoms with E-state index in [1.54, 1.807) is 14.0 Å². The number of nitrogens with two attached hydrogens (primary N) is 1. The van der Waals surface area contributed by atoms with Gasteiger partial charge in [0.15, 0.2) is 0 Å². The topological polar surface area (TPSA) is 64.3 Å². The van der Waals surface area contributed by atoms with Gasteiger partial charge >= 0.3 is 0 Å². The zero-order chi connectivity index (χ0) is 12.9. The van der Waals surface area contributed by atoms with E-state index < -0.39 is 5.54 Å². The Hall–Kier alpha value is -1.55. The highest BCUT2D eigenvalue weighted by molar-refractivity contribution is 5.87. The Morgan fingerprint density at radius 1 is 1.53 bits per heavy atom. The number of carbonyl (C=O) groups is 1. The second-order valence-corrected chi connectivity index (χ2v) is 4.43. The molecule has 1 atom stereocenters. The molecule has 0 aliphatic carbocycles. The second kappa shape index (κ2) is 5.68. The maximum Gasteiger partial charge on any atom is 0.242 e.